The lowest BCUT2D eigenvalue weighted by atomic mass is 10.3. The largest absolute Gasteiger partial charge is 0.436 e. The Balaban J connectivity index is 2.22. The van der Waals surface area contributed by atoms with E-state index < -0.39 is 5.82 Å². The van der Waals surface area contributed by atoms with E-state index in [2.05, 4.69) is 4.98 Å². The zero-order valence-corrected chi connectivity index (χ0v) is 9.49. The van der Waals surface area contributed by atoms with Gasteiger partial charge in [-0.15, -0.1) is 0 Å². The molecule has 0 bridgehead atoms. The van der Waals surface area contributed by atoms with Crippen LogP contribution in [0.5, 0.6) is 11.6 Å². The van der Waals surface area contributed by atoms with E-state index in [0.29, 0.717) is 5.56 Å². The monoisotopic (exact) mass is 253 g/mol. The molecule has 0 unspecified atom stereocenters. The number of hydrogen-bond acceptors (Lipinski definition) is 3. The summed E-state index contributed by atoms with van der Waals surface area (Å²) in [6.07, 6.45) is 1.46. The van der Waals surface area contributed by atoms with Crippen molar-refractivity contribution in [3.8, 4) is 11.6 Å². The molecule has 0 radical (unpaired) electrons. The third-order valence-corrected chi connectivity index (χ3v) is 2.40. The molecule has 17 heavy (non-hydrogen) atoms. The summed E-state index contributed by atoms with van der Waals surface area (Å²) < 4.78 is 18.7. The first kappa shape index (κ1) is 11.8. The van der Waals surface area contributed by atoms with Gasteiger partial charge in [-0.3, -0.25) is 0 Å². The van der Waals surface area contributed by atoms with Crippen molar-refractivity contribution in [1.29, 1.82) is 0 Å². The minimum Gasteiger partial charge on any atom is -0.436 e. The van der Waals surface area contributed by atoms with E-state index in [9.17, 15) is 4.39 Å². The highest BCUT2D eigenvalue weighted by molar-refractivity contribution is 6.30. The van der Waals surface area contributed by atoms with E-state index in [-0.39, 0.29) is 23.3 Å². The topological polar surface area (TPSA) is 42.4 Å². The van der Waals surface area contributed by atoms with Crippen molar-refractivity contribution in [3.63, 3.8) is 0 Å². The fourth-order valence-electron chi connectivity index (χ4n) is 1.24. The fourth-order valence-corrected chi connectivity index (χ4v) is 1.41. The first-order valence-electron chi connectivity index (χ1n) is 4.88. The second-order valence-corrected chi connectivity index (χ2v) is 3.72. The number of pyridine rings is 1. The van der Waals surface area contributed by atoms with E-state index in [1.165, 1.54) is 18.3 Å². The number of hydrogen-bond donors (Lipinski definition) is 1. The van der Waals surface area contributed by atoms with Crippen molar-refractivity contribution in [1.82, 2.24) is 4.98 Å². The zero-order chi connectivity index (χ0) is 12.3. The number of rotatable bonds is 3. The molecule has 0 aliphatic carbocycles. The lowest BCUT2D eigenvalue weighted by Crippen LogP contribution is -1.92. The first-order chi connectivity index (χ1) is 8.20. The Labute approximate surface area is 102 Å². The summed E-state index contributed by atoms with van der Waals surface area (Å²) in [6, 6.07) is 7.68. The summed E-state index contributed by atoms with van der Waals surface area (Å²) in [5.74, 6) is -0.368. The highest BCUT2D eigenvalue weighted by atomic mass is 35.5. The molecule has 0 amide bonds. The molecule has 0 aliphatic rings. The molecule has 2 rings (SSSR count). The molecule has 0 spiro atoms. The van der Waals surface area contributed by atoms with Crippen LogP contribution in [0.25, 0.3) is 0 Å². The Hall–Kier alpha value is -1.65. The molecule has 1 aromatic carbocycles. The molecular weight excluding hydrogens is 245 g/mol. The van der Waals surface area contributed by atoms with Crippen LogP contribution in [0, 0.1) is 5.82 Å². The summed E-state index contributed by atoms with van der Waals surface area (Å²) >= 11 is 5.62. The molecule has 1 heterocycles. The number of aliphatic hydroxyl groups is 1. The van der Waals surface area contributed by atoms with Crippen molar-refractivity contribution in [3.05, 3.63) is 52.9 Å². The van der Waals surface area contributed by atoms with Gasteiger partial charge in [0.25, 0.3) is 0 Å². The van der Waals surface area contributed by atoms with Gasteiger partial charge in [0.05, 0.1) is 11.6 Å². The second kappa shape index (κ2) is 5.12. The minimum absolute atomic E-state index is 0.00511. The van der Waals surface area contributed by atoms with E-state index in [1.54, 1.807) is 18.2 Å². The summed E-state index contributed by atoms with van der Waals surface area (Å²) in [7, 11) is 0. The molecule has 1 aromatic heterocycles. The standard InChI is InChI=1S/C12H9ClFNO2/c13-9-2-1-3-10(12(9)14)17-11-5-4-8(7-16)6-15-11/h1-6,16H,7H2. The maximum atomic E-state index is 13.5. The smallest absolute Gasteiger partial charge is 0.219 e. The molecule has 1 N–H and O–H groups in total. The van der Waals surface area contributed by atoms with Crippen LogP contribution in [0.3, 0.4) is 0 Å². The van der Waals surface area contributed by atoms with Crippen LogP contribution in [0.1, 0.15) is 5.56 Å². The minimum atomic E-state index is -0.623. The number of nitrogens with zero attached hydrogens (tertiary/aromatic N) is 1. The van der Waals surface area contributed by atoms with Gasteiger partial charge in [-0.05, 0) is 23.8 Å². The molecule has 0 atom stereocenters. The van der Waals surface area contributed by atoms with Gasteiger partial charge in [-0.2, -0.15) is 0 Å². The average molecular weight is 254 g/mol. The van der Waals surface area contributed by atoms with E-state index in [0.717, 1.165) is 0 Å². The van der Waals surface area contributed by atoms with Crippen LogP contribution in [0.2, 0.25) is 5.02 Å². The third kappa shape index (κ3) is 2.72. The highest BCUT2D eigenvalue weighted by Gasteiger charge is 2.08. The van der Waals surface area contributed by atoms with Gasteiger partial charge in [0.2, 0.25) is 5.88 Å². The lowest BCUT2D eigenvalue weighted by molar-refractivity contribution is 0.281. The van der Waals surface area contributed by atoms with Crippen LogP contribution in [-0.4, -0.2) is 10.1 Å². The maximum absolute atomic E-state index is 13.5. The number of aromatic nitrogens is 1. The predicted molar refractivity (Wildman–Crippen MR) is 61.6 cm³/mol. The number of aliphatic hydroxyl groups excluding tert-OH is 1. The normalized spacial score (nSPS) is 10.3. The van der Waals surface area contributed by atoms with Crippen molar-refractivity contribution in [2.45, 2.75) is 6.61 Å². The Morgan fingerprint density at radius 2 is 2.12 bits per heavy atom. The van der Waals surface area contributed by atoms with E-state index >= 15 is 0 Å². The molecule has 0 saturated carbocycles. The summed E-state index contributed by atoms with van der Waals surface area (Å²) in [5.41, 5.74) is 0.656. The summed E-state index contributed by atoms with van der Waals surface area (Å²) in [5, 5.41) is 8.84. The first-order valence-corrected chi connectivity index (χ1v) is 5.26. The van der Waals surface area contributed by atoms with Gasteiger partial charge in [0.1, 0.15) is 0 Å². The maximum Gasteiger partial charge on any atom is 0.219 e. The Bertz CT molecular complexity index is 516. The van der Waals surface area contributed by atoms with Gasteiger partial charge < -0.3 is 9.84 Å². The van der Waals surface area contributed by atoms with Crippen LogP contribution >= 0.6 is 11.6 Å². The molecular formula is C12H9ClFNO2. The molecule has 0 aliphatic heterocycles. The Morgan fingerprint density at radius 1 is 1.29 bits per heavy atom. The van der Waals surface area contributed by atoms with E-state index in [4.69, 9.17) is 21.4 Å². The van der Waals surface area contributed by atoms with Crippen molar-refractivity contribution < 1.29 is 14.2 Å². The molecule has 0 saturated heterocycles. The lowest BCUT2D eigenvalue weighted by Gasteiger charge is -2.06. The number of halogens is 2. The van der Waals surface area contributed by atoms with E-state index in [1.807, 2.05) is 0 Å². The zero-order valence-electron chi connectivity index (χ0n) is 8.73. The third-order valence-electron chi connectivity index (χ3n) is 2.11. The summed E-state index contributed by atoms with van der Waals surface area (Å²) in [6.45, 7) is -0.0984. The van der Waals surface area contributed by atoms with Crippen LogP contribution in [0.4, 0.5) is 4.39 Å². The fraction of sp³-hybridized carbons (Fsp3) is 0.0833. The van der Waals surface area contributed by atoms with Crippen LogP contribution < -0.4 is 4.74 Å². The van der Waals surface area contributed by atoms with Gasteiger partial charge >= 0.3 is 0 Å². The molecule has 3 nitrogen and oxygen atoms in total. The van der Waals surface area contributed by atoms with Gasteiger partial charge in [-0.1, -0.05) is 17.7 Å². The van der Waals surface area contributed by atoms with Gasteiger partial charge in [-0.25, -0.2) is 9.37 Å². The predicted octanol–water partition coefficient (Wildman–Crippen LogP) is 3.16. The number of ether oxygens (including phenoxy) is 1. The molecule has 5 heteroatoms. The van der Waals surface area contributed by atoms with Crippen molar-refractivity contribution in [2.24, 2.45) is 0 Å². The second-order valence-electron chi connectivity index (χ2n) is 3.32. The highest BCUT2D eigenvalue weighted by Crippen LogP contribution is 2.27. The van der Waals surface area contributed by atoms with Crippen molar-refractivity contribution in [2.75, 3.05) is 0 Å². The SMILES string of the molecule is OCc1ccc(Oc2cccc(Cl)c2F)nc1. The number of benzene rings is 1. The van der Waals surface area contributed by atoms with Crippen LogP contribution in [-0.2, 0) is 6.61 Å². The molecule has 88 valence electrons. The van der Waals surface area contributed by atoms with Gasteiger partial charge in [0, 0.05) is 12.3 Å². The Morgan fingerprint density at radius 3 is 2.76 bits per heavy atom. The van der Waals surface area contributed by atoms with Crippen molar-refractivity contribution >= 4 is 11.6 Å². The quantitative estimate of drug-likeness (QED) is 0.914. The Kier molecular flexibility index (Phi) is 3.56. The van der Waals surface area contributed by atoms with Crippen LogP contribution in [0.15, 0.2) is 36.5 Å². The average Bonchev–Trinajstić information content (AvgIpc) is 2.36. The summed E-state index contributed by atoms with van der Waals surface area (Å²) in [4.78, 5) is 3.92. The molecule has 2 aromatic rings. The molecule has 0 fully saturated rings. The van der Waals surface area contributed by atoms with Gasteiger partial charge in [0.15, 0.2) is 11.6 Å².